The molecular weight excluding hydrogens is 443 g/mol. The highest BCUT2D eigenvalue weighted by molar-refractivity contribution is 7.89. The maximum atomic E-state index is 13.7. The fraction of sp³-hybridized carbons (Fsp3) is 0.333. The number of methoxy groups -OCH3 is 1. The maximum absolute atomic E-state index is 13.7. The monoisotopic (exact) mass is 470 g/mol. The zero-order valence-corrected chi connectivity index (χ0v) is 19.8. The Balaban J connectivity index is 1.54. The van der Waals surface area contributed by atoms with Crippen LogP contribution in [0.3, 0.4) is 0 Å². The zero-order chi connectivity index (χ0) is 23.6. The van der Waals surface area contributed by atoms with E-state index in [2.05, 4.69) is 14.9 Å². The number of hydrogen-bond donors (Lipinski definition) is 0. The normalized spacial score (nSPS) is 15.0. The van der Waals surface area contributed by atoms with Crippen molar-refractivity contribution in [3.8, 4) is 5.75 Å². The predicted octanol–water partition coefficient (Wildman–Crippen LogP) is 3.34. The lowest BCUT2D eigenvalue weighted by molar-refractivity contribution is 0.383. The van der Waals surface area contributed by atoms with Crippen LogP contribution < -0.4 is 9.64 Å². The van der Waals surface area contributed by atoms with Gasteiger partial charge in [0.1, 0.15) is 23.2 Å². The number of benzene rings is 2. The Hall–Kier alpha value is -3.04. The van der Waals surface area contributed by atoms with E-state index in [1.54, 1.807) is 37.4 Å². The third-order valence-electron chi connectivity index (χ3n) is 5.81. The third kappa shape index (κ3) is 4.99. The van der Waals surface area contributed by atoms with Crippen LogP contribution in [-0.2, 0) is 16.4 Å². The highest BCUT2D eigenvalue weighted by atomic mass is 32.2. The van der Waals surface area contributed by atoms with Gasteiger partial charge < -0.3 is 9.64 Å². The number of piperazine rings is 1. The average molecular weight is 471 g/mol. The van der Waals surface area contributed by atoms with Gasteiger partial charge in [0, 0.05) is 43.9 Å². The summed E-state index contributed by atoms with van der Waals surface area (Å²) in [5, 5.41) is 0. The first kappa shape index (κ1) is 23.1. The minimum atomic E-state index is -3.60. The molecule has 0 unspecified atom stereocenters. The standard InChI is InChI=1S/C24H27FN4O3S/c1-17-23(16-19-5-4-6-20(25)15-19)24(27-18(2)26-17)28-11-13-29(14-12-28)33(30,31)22-9-7-21(32-3)8-10-22/h4-10,15H,11-14,16H2,1-3H3. The van der Waals surface area contributed by atoms with E-state index in [0.717, 1.165) is 22.6 Å². The van der Waals surface area contributed by atoms with Gasteiger partial charge in [0.05, 0.1) is 12.0 Å². The molecule has 9 heteroatoms. The third-order valence-corrected chi connectivity index (χ3v) is 7.72. The second-order valence-electron chi connectivity index (χ2n) is 8.03. The molecule has 0 amide bonds. The summed E-state index contributed by atoms with van der Waals surface area (Å²) in [4.78, 5) is 11.5. The molecule has 4 rings (SSSR count). The smallest absolute Gasteiger partial charge is 0.243 e. The summed E-state index contributed by atoms with van der Waals surface area (Å²) in [6, 6.07) is 12.9. The van der Waals surface area contributed by atoms with Gasteiger partial charge in [0.15, 0.2) is 0 Å². The molecule has 0 bridgehead atoms. The van der Waals surface area contributed by atoms with Gasteiger partial charge in [-0.3, -0.25) is 0 Å². The minimum Gasteiger partial charge on any atom is -0.497 e. The van der Waals surface area contributed by atoms with E-state index in [1.165, 1.54) is 16.4 Å². The predicted molar refractivity (Wildman–Crippen MR) is 125 cm³/mol. The summed E-state index contributed by atoms with van der Waals surface area (Å²) >= 11 is 0. The molecule has 1 aliphatic heterocycles. The number of aryl methyl sites for hydroxylation is 2. The number of aromatic nitrogens is 2. The fourth-order valence-corrected chi connectivity index (χ4v) is 5.50. The molecule has 0 radical (unpaired) electrons. The Morgan fingerprint density at radius 1 is 1.00 bits per heavy atom. The van der Waals surface area contributed by atoms with Crippen LogP contribution in [-0.4, -0.2) is 56.0 Å². The molecule has 1 aliphatic rings. The Morgan fingerprint density at radius 2 is 1.70 bits per heavy atom. The van der Waals surface area contributed by atoms with Crippen molar-refractivity contribution in [3.05, 3.63) is 77.0 Å². The summed E-state index contributed by atoms with van der Waals surface area (Å²) in [7, 11) is -2.05. The first-order valence-corrected chi connectivity index (χ1v) is 12.2. The van der Waals surface area contributed by atoms with Gasteiger partial charge in [-0.05, 0) is 55.8 Å². The molecule has 0 saturated carbocycles. The lowest BCUT2D eigenvalue weighted by atomic mass is 10.0. The van der Waals surface area contributed by atoms with Crippen molar-refractivity contribution in [2.45, 2.75) is 25.2 Å². The average Bonchev–Trinajstić information content (AvgIpc) is 2.81. The topological polar surface area (TPSA) is 75.6 Å². The first-order valence-electron chi connectivity index (χ1n) is 10.8. The van der Waals surface area contributed by atoms with Crippen LogP contribution in [0.4, 0.5) is 10.2 Å². The lowest BCUT2D eigenvalue weighted by Gasteiger charge is -2.36. The van der Waals surface area contributed by atoms with Gasteiger partial charge in [-0.25, -0.2) is 22.8 Å². The summed E-state index contributed by atoms with van der Waals surface area (Å²) < 4.78 is 46.5. The van der Waals surface area contributed by atoms with Crippen LogP contribution in [0, 0.1) is 19.7 Å². The van der Waals surface area contributed by atoms with Crippen LogP contribution in [0.5, 0.6) is 5.75 Å². The highest BCUT2D eigenvalue weighted by Crippen LogP contribution is 2.27. The van der Waals surface area contributed by atoms with Crippen LogP contribution in [0.2, 0.25) is 0 Å². The lowest BCUT2D eigenvalue weighted by Crippen LogP contribution is -2.49. The quantitative estimate of drug-likeness (QED) is 0.550. The summed E-state index contributed by atoms with van der Waals surface area (Å²) in [6.45, 7) is 5.46. The Kier molecular flexibility index (Phi) is 6.62. The molecule has 174 valence electrons. The summed E-state index contributed by atoms with van der Waals surface area (Å²) in [5.41, 5.74) is 2.61. The number of rotatable bonds is 6. The van der Waals surface area contributed by atoms with Crippen molar-refractivity contribution in [3.63, 3.8) is 0 Å². The molecule has 2 heterocycles. The van der Waals surface area contributed by atoms with Crippen molar-refractivity contribution in [1.29, 1.82) is 0 Å². The molecule has 7 nitrogen and oxygen atoms in total. The molecule has 0 N–H and O–H groups in total. The number of sulfonamides is 1. The van der Waals surface area contributed by atoms with E-state index in [4.69, 9.17) is 4.74 Å². The molecule has 3 aromatic rings. The van der Waals surface area contributed by atoms with E-state index in [0.29, 0.717) is 44.2 Å². The summed E-state index contributed by atoms with van der Waals surface area (Å²) in [5.74, 6) is 1.76. The Labute approximate surface area is 193 Å². The molecular formula is C24H27FN4O3S. The molecule has 33 heavy (non-hydrogen) atoms. The Bertz CT molecular complexity index is 1240. The highest BCUT2D eigenvalue weighted by Gasteiger charge is 2.30. The number of hydrogen-bond acceptors (Lipinski definition) is 6. The van der Waals surface area contributed by atoms with Gasteiger partial charge in [0.2, 0.25) is 10.0 Å². The van der Waals surface area contributed by atoms with Gasteiger partial charge in [-0.15, -0.1) is 0 Å². The van der Waals surface area contributed by atoms with Crippen molar-refractivity contribution in [2.75, 3.05) is 38.2 Å². The first-order chi connectivity index (χ1) is 15.8. The van der Waals surface area contributed by atoms with Crippen molar-refractivity contribution >= 4 is 15.8 Å². The fourth-order valence-electron chi connectivity index (χ4n) is 4.07. The van der Waals surface area contributed by atoms with E-state index in [1.807, 2.05) is 19.9 Å². The van der Waals surface area contributed by atoms with Crippen molar-refractivity contribution in [1.82, 2.24) is 14.3 Å². The van der Waals surface area contributed by atoms with Crippen LogP contribution in [0.15, 0.2) is 53.4 Å². The van der Waals surface area contributed by atoms with Gasteiger partial charge in [-0.1, -0.05) is 12.1 Å². The Morgan fingerprint density at radius 3 is 2.33 bits per heavy atom. The number of halogens is 1. The van der Waals surface area contributed by atoms with Gasteiger partial charge in [0.25, 0.3) is 0 Å². The molecule has 0 aliphatic carbocycles. The van der Waals surface area contributed by atoms with Crippen LogP contribution >= 0.6 is 0 Å². The number of anilines is 1. The van der Waals surface area contributed by atoms with E-state index in [9.17, 15) is 12.8 Å². The largest absolute Gasteiger partial charge is 0.497 e. The molecule has 1 saturated heterocycles. The SMILES string of the molecule is COc1ccc(S(=O)(=O)N2CCN(c3nc(C)nc(C)c3Cc3cccc(F)c3)CC2)cc1. The van der Waals surface area contributed by atoms with Gasteiger partial charge >= 0.3 is 0 Å². The maximum Gasteiger partial charge on any atom is 0.243 e. The van der Waals surface area contributed by atoms with Crippen LogP contribution in [0.25, 0.3) is 0 Å². The minimum absolute atomic E-state index is 0.247. The number of nitrogens with zero attached hydrogens (tertiary/aromatic N) is 4. The second-order valence-corrected chi connectivity index (χ2v) is 9.97. The van der Waals surface area contributed by atoms with Crippen LogP contribution in [0.1, 0.15) is 22.6 Å². The summed E-state index contributed by atoms with van der Waals surface area (Å²) in [6.07, 6.45) is 0.504. The molecule has 0 spiro atoms. The zero-order valence-electron chi connectivity index (χ0n) is 19.0. The molecule has 0 atom stereocenters. The molecule has 1 aromatic heterocycles. The van der Waals surface area contributed by atoms with E-state index >= 15 is 0 Å². The molecule has 1 fully saturated rings. The number of ether oxygens (including phenoxy) is 1. The van der Waals surface area contributed by atoms with Crippen molar-refractivity contribution in [2.24, 2.45) is 0 Å². The van der Waals surface area contributed by atoms with E-state index in [-0.39, 0.29) is 10.7 Å². The van der Waals surface area contributed by atoms with Gasteiger partial charge in [-0.2, -0.15) is 4.31 Å². The second kappa shape index (κ2) is 9.44. The van der Waals surface area contributed by atoms with E-state index < -0.39 is 10.0 Å². The van der Waals surface area contributed by atoms with Crippen molar-refractivity contribution < 1.29 is 17.5 Å². The molecule has 2 aromatic carbocycles.